The summed E-state index contributed by atoms with van der Waals surface area (Å²) in [4.78, 5) is 10.7. The number of allylic oxidation sites excluding steroid dienone is 3. The van der Waals surface area contributed by atoms with Crippen LogP contribution in [0.3, 0.4) is 0 Å². The van der Waals surface area contributed by atoms with E-state index in [1.807, 2.05) is 0 Å². The van der Waals surface area contributed by atoms with E-state index in [4.69, 9.17) is 22.3 Å². The molecule has 0 N–H and O–H groups in total. The first-order valence-corrected chi connectivity index (χ1v) is 7.67. The topological polar surface area (TPSA) is 51.2 Å². The predicted octanol–water partition coefficient (Wildman–Crippen LogP) is 2.06. The van der Waals surface area contributed by atoms with Crippen LogP contribution >= 0.6 is 31.8 Å². The van der Waals surface area contributed by atoms with Crippen molar-refractivity contribution in [1.82, 2.24) is 0 Å². The Labute approximate surface area is 90.9 Å². The molecular formula is C6H3Cl2FO3S2. The van der Waals surface area contributed by atoms with Crippen molar-refractivity contribution >= 4 is 50.5 Å². The minimum atomic E-state index is -3.87. The number of rotatable bonds is 2. The zero-order chi connectivity index (χ0) is 10.9. The summed E-state index contributed by atoms with van der Waals surface area (Å²) in [6, 6.07) is 0. The van der Waals surface area contributed by atoms with E-state index in [0.717, 1.165) is 16.9 Å². The zero-order valence-electron chi connectivity index (χ0n) is 6.41. The Hall–Kier alpha value is -0.170. The van der Waals surface area contributed by atoms with Crippen LogP contribution in [0.15, 0.2) is 22.9 Å². The lowest BCUT2D eigenvalue weighted by Crippen LogP contribution is -1.99. The highest BCUT2D eigenvalue weighted by atomic mass is 35.8. The van der Waals surface area contributed by atoms with E-state index in [2.05, 4.69) is 0 Å². The molecule has 14 heavy (non-hydrogen) atoms. The van der Waals surface area contributed by atoms with E-state index in [-0.39, 0.29) is 0 Å². The molecule has 0 spiro atoms. The Morgan fingerprint density at radius 2 is 2.07 bits per heavy atom. The molecule has 3 nitrogen and oxygen atoms in total. The van der Waals surface area contributed by atoms with Crippen molar-refractivity contribution in [1.29, 1.82) is 0 Å². The summed E-state index contributed by atoms with van der Waals surface area (Å²) in [6.45, 7) is 0. The standard InChI is InChI=1S/C6H3Cl2FO3S2/c7-6(10)4-3-13(14(8,11)12)2-1-5(4)9/h1-3H. The zero-order valence-corrected chi connectivity index (χ0v) is 9.55. The van der Waals surface area contributed by atoms with Crippen LogP contribution in [0.1, 0.15) is 0 Å². The minimum absolute atomic E-state index is 0.471. The molecule has 0 amide bonds. The van der Waals surface area contributed by atoms with Crippen molar-refractivity contribution in [3.05, 3.63) is 22.9 Å². The molecule has 1 aliphatic heterocycles. The quantitative estimate of drug-likeness (QED) is 0.441. The number of carbonyl (C=O) groups excluding carboxylic acids is 1. The van der Waals surface area contributed by atoms with Crippen molar-refractivity contribution in [2.24, 2.45) is 0 Å². The molecule has 1 heterocycles. The summed E-state index contributed by atoms with van der Waals surface area (Å²) in [5, 5.41) is 0.901. The average Bonchev–Trinajstić information content (AvgIpc) is 2.02. The molecule has 0 aromatic carbocycles. The molecule has 1 rings (SSSR count). The van der Waals surface area contributed by atoms with Gasteiger partial charge in [0, 0.05) is 10.7 Å². The molecule has 0 aromatic heterocycles. The van der Waals surface area contributed by atoms with Crippen LogP contribution in [0.5, 0.6) is 0 Å². The molecule has 78 valence electrons. The van der Waals surface area contributed by atoms with Gasteiger partial charge in [-0.05, 0) is 38.0 Å². The Kier molecular flexibility index (Phi) is 3.52. The normalized spacial score (nSPS) is 22.1. The predicted molar refractivity (Wildman–Crippen MR) is 56.6 cm³/mol. The summed E-state index contributed by atoms with van der Waals surface area (Å²) in [7, 11) is -0.342. The highest BCUT2D eigenvalue weighted by Gasteiger charge is 2.20. The first-order chi connectivity index (χ1) is 6.32. The lowest BCUT2D eigenvalue weighted by molar-refractivity contribution is -0.108. The largest absolute Gasteiger partial charge is 0.283 e. The Morgan fingerprint density at radius 1 is 1.50 bits per heavy atom. The molecule has 0 aliphatic carbocycles. The Balaban J connectivity index is 3.28. The van der Waals surface area contributed by atoms with E-state index in [0.29, 0.717) is 0 Å². The summed E-state index contributed by atoms with van der Waals surface area (Å²) >= 11 is 5.03. The van der Waals surface area contributed by atoms with Crippen LogP contribution in [0.4, 0.5) is 4.39 Å². The van der Waals surface area contributed by atoms with Gasteiger partial charge in [-0.3, -0.25) is 4.79 Å². The second-order valence-corrected chi connectivity index (χ2v) is 8.71. The summed E-state index contributed by atoms with van der Waals surface area (Å²) in [6.07, 6.45) is 0.860. The van der Waals surface area contributed by atoms with Crippen LogP contribution in [-0.4, -0.2) is 19.0 Å². The summed E-state index contributed by atoms with van der Waals surface area (Å²) < 4.78 is 34.6. The van der Waals surface area contributed by atoms with Gasteiger partial charge in [0.15, 0.2) is 0 Å². The van der Waals surface area contributed by atoms with Gasteiger partial charge in [-0.15, -0.1) is 0 Å². The average molecular weight is 277 g/mol. The molecule has 0 saturated carbocycles. The molecule has 0 aromatic rings. The van der Waals surface area contributed by atoms with Crippen LogP contribution in [-0.2, 0) is 12.9 Å². The van der Waals surface area contributed by atoms with Crippen molar-refractivity contribution in [2.75, 3.05) is 0 Å². The maximum Gasteiger partial charge on any atom is 0.283 e. The van der Waals surface area contributed by atoms with Crippen molar-refractivity contribution < 1.29 is 17.6 Å². The Bertz CT molecular complexity index is 475. The molecule has 1 unspecified atom stereocenters. The Morgan fingerprint density at radius 3 is 2.50 bits per heavy atom. The van der Waals surface area contributed by atoms with Crippen molar-refractivity contribution in [3.8, 4) is 0 Å². The second-order valence-electron chi connectivity index (χ2n) is 2.18. The first kappa shape index (κ1) is 11.9. The molecular weight excluding hydrogens is 274 g/mol. The van der Waals surface area contributed by atoms with E-state index in [9.17, 15) is 17.6 Å². The summed E-state index contributed by atoms with van der Waals surface area (Å²) in [5.74, 6) is -0.867. The van der Waals surface area contributed by atoms with E-state index >= 15 is 0 Å². The highest BCUT2D eigenvalue weighted by molar-refractivity contribution is 8.87. The molecule has 8 heteroatoms. The fraction of sp³-hybridized carbons (Fsp3) is 0. The number of hydrogen-bond acceptors (Lipinski definition) is 3. The van der Waals surface area contributed by atoms with E-state index < -0.39 is 34.2 Å². The first-order valence-electron chi connectivity index (χ1n) is 3.12. The van der Waals surface area contributed by atoms with Gasteiger partial charge in [-0.1, -0.05) is 0 Å². The third-order valence-electron chi connectivity index (χ3n) is 1.28. The van der Waals surface area contributed by atoms with Gasteiger partial charge in [-0.25, -0.2) is 12.8 Å². The van der Waals surface area contributed by atoms with Gasteiger partial charge in [0.1, 0.15) is 5.83 Å². The maximum absolute atomic E-state index is 12.9. The van der Waals surface area contributed by atoms with Gasteiger partial charge in [0.05, 0.1) is 5.57 Å². The third-order valence-corrected chi connectivity index (χ3v) is 6.13. The third kappa shape index (κ3) is 2.66. The van der Waals surface area contributed by atoms with Crippen LogP contribution in [0.2, 0.25) is 0 Å². The van der Waals surface area contributed by atoms with Crippen LogP contribution < -0.4 is 0 Å². The summed E-state index contributed by atoms with van der Waals surface area (Å²) in [5.41, 5.74) is -0.471. The smallest absolute Gasteiger partial charge is 0.275 e. The number of halogens is 3. The van der Waals surface area contributed by atoms with Gasteiger partial charge >= 0.3 is 0 Å². The lowest BCUT2D eigenvalue weighted by Gasteiger charge is -2.06. The van der Waals surface area contributed by atoms with Crippen molar-refractivity contribution in [2.45, 2.75) is 0 Å². The monoisotopic (exact) mass is 276 g/mol. The van der Waals surface area contributed by atoms with Gasteiger partial charge in [-0.2, -0.15) is 0 Å². The number of carbonyl (C=O) groups is 1. The number of hydrogen-bond donors (Lipinski definition) is 0. The SMILES string of the molecule is O=C(Cl)C1=CS(S(=O)(=O)Cl)=CC=C1F. The second kappa shape index (κ2) is 4.14. The van der Waals surface area contributed by atoms with Crippen LogP contribution in [0, 0.1) is 0 Å². The molecule has 1 aliphatic rings. The van der Waals surface area contributed by atoms with E-state index in [1.54, 1.807) is 0 Å². The molecule has 0 saturated heterocycles. The molecule has 0 fully saturated rings. The maximum atomic E-state index is 12.9. The van der Waals surface area contributed by atoms with E-state index in [1.165, 1.54) is 0 Å². The van der Waals surface area contributed by atoms with Crippen LogP contribution in [0.25, 0.3) is 0 Å². The van der Waals surface area contributed by atoms with Gasteiger partial charge in [0.2, 0.25) is 0 Å². The lowest BCUT2D eigenvalue weighted by atomic mass is 10.3. The fourth-order valence-electron chi connectivity index (χ4n) is 0.692. The van der Waals surface area contributed by atoms with Crippen molar-refractivity contribution in [3.63, 3.8) is 0 Å². The molecule has 0 bridgehead atoms. The molecule has 1 atom stereocenters. The minimum Gasteiger partial charge on any atom is -0.275 e. The van der Waals surface area contributed by atoms with Gasteiger partial charge in [0.25, 0.3) is 13.3 Å². The van der Waals surface area contributed by atoms with Gasteiger partial charge < -0.3 is 0 Å². The fourth-order valence-corrected chi connectivity index (χ4v) is 3.84. The highest BCUT2D eigenvalue weighted by Crippen LogP contribution is 2.34. The molecule has 0 radical (unpaired) electrons.